The van der Waals surface area contributed by atoms with Crippen LogP contribution in [-0.2, 0) is 0 Å². The topological polar surface area (TPSA) is 19.4 Å². The van der Waals surface area contributed by atoms with Crippen LogP contribution in [0.15, 0.2) is 97.0 Å². The Morgan fingerprint density at radius 3 is 2.21 bits per heavy atom. The second kappa shape index (κ2) is 12.5. The molecule has 0 N–H and O–H groups in total. The summed E-state index contributed by atoms with van der Waals surface area (Å²) in [7, 11) is 2.19. The Morgan fingerprint density at radius 1 is 1.03 bits per heavy atom. The van der Waals surface area contributed by atoms with Crippen LogP contribution in [0.25, 0.3) is 11.3 Å². The van der Waals surface area contributed by atoms with E-state index in [4.69, 9.17) is 0 Å². The van der Waals surface area contributed by atoms with E-state index < -0.39 is 0 Å². The Labute approximate surface area is 208 Å². The van der Waals surface area contributed by atoms with E-state index in [9.17, 15) is 0 Å². The Hall–Kier alpha value is -2.95. The molecule has 1 aliphatic carbocycles. The molecule has 0 bridgehead atoms. The van der Waals surface area contributed by atoms with Crippen LogP contribution in [0.1, 0.15) is 41.3 Å². The van der Waals surface area contributed by atoms with Gasteiger partial charge in [0.1, 0.15) is 0 Å². The molecule has 4 heteroatoms. The van der Waals surface area contributed by atoms with E-state index in [1.807, 2.05) is 12.3 Å². The normalized spacial score (nSPS) is 16.0. The molecule has 2 aromatic carbocycles. The number of aromatic nitrogens is 1. The summed E-state index contributed by atoms with van der Waals surface area (Å²) in [5.74, 6) is 0.642. The molecule has 34 heavy (non-hydrogen) atoms. The van der Waals surface area contributed by atoms with Crippen LogP contribution in [0, 0.1) is 0 Å². The van der Waals surface area contributed by atoms with E-state index in [1.54, 1.807) is 11.3 Å². The van der Waals surface area contributed by atoms with Crippen molar-refractivity contribution in [3.8, 4) is 0 Å². The van der Waals surface area contributed by atoms with Crippen molar-refractivity contribution in [3.05, 3.63) is 113 Å². The number of nitrogens with zero attached hydrogens (tertiary/aromatic N) is 3. The van der Waals surface area contributed by atoms with Crippen LogP contribution in [0.5, 0.6) is 0 Å². The van der Waals surface area contributed by atoms with E-state index >= 15 is 0 Å². The molecule has 176 valence electrons. The number of likely N-dealkylation sites (tertiary alicyclic amines) is 1. The van der Waals surface area contributed by atoms with Crippen LogP contribution in [0.4, 0.5) is 0 Å². The number of rotatable bonds is 8. The largest absolute Gasteiger partial charge is 0.373 e. The highest BCUT2D eigenvalue weighted by molar-refractivity contribution is 7.09. The number of benzene rings is 2. The zero-order valence-electron chi connectivity index (χ0n) is 20.1. The van der Waals surface area contributed by atoms with Crippen molar-refractivity contribution in [2.75, 3.05) is 33.2 Å². The highest BCUT2D eigenvalue weighted by Crippen LogP contribution is 2.29. The minimum Gasteiger partial charge on any atom is -0.373 e. The standard InChI is InChI=1S/C27H31N3S.C3H4/c1-22(23-9-5-3-6-10-23)21-26(24-11-7-4-8-12-24)29(2)18-19-30-16-13-25(14-17-30)27-28-15-20-31-27;1-2-3-1/h3-12,15,20-21,25H,1,13-14,16-19H2,2H3;1-2H,3H2/b26-21-;. The number of thiazole rings is 1. The molecule has 0 radical (unpaired) electrons. The highest BCUT2D eigenvalue weighted by Gasteiger charge is 2.22. The van der Waals surface area contributed by atoms with Crippen LogP contribution < -0.4 is 0 Å². The summed E-state index contributed by atoms with van der Waals surface area (Å²) in [6.45, 7) is 8.70. The third-order valence-electron chi connectivity index (χ3n) is 6.31. The molecule has 1 saturated heterocycles. The Kier molecular flexibility index (Phi) is 8.89. The maximum atomic E-state index is 4.52. The fourth-order valence-corrected chi connectivity index (χ4v) is 4.99. The fraction of sp³-hybridized carbons (Fsp3) is 0.300. The zero-order valence-corrected chi connectivity index (χ0v) is 21.0. The zero-order chi connectivity index (χ0) is 23.6. The summed E-state index contributed by atoms with van der Waals surface area (Å²) in [5.41, 5.74) is 4.64. The number of allylic oxidation sites excluding steroid dienone is 4. The van der Waals surface area contributed by atoms with Gasteiger partial charge in [-0.3, -0.25) is 0 Å². The van der Waals surface area contributed by atoms with Crippen LogP contribution in [0.3, 0.4) is 0 Å². The van der Waals surface area contributed by atoms with Gasteiger partial charge in [0, 0.05) is 43.3 Å². The molecule has 0 unspecified atom stereocenters. The fourth-order valence-electron chi connectivity index (χ4n) is 4.17. The first-order valence-electron chi connectivity index (χ1n) is 12.2. The SMILES string of the molecule is C1=CC1.C=C(/C=C(/c1ccccc1)N(C)CCN1CCC(c2nccs2)CC1)c1ccccc1. The van der Waals surface area contributed by atoms with Gasteiger partial charge in [-0.15, -0.1) is 11.3 Å². The molecule has 0 atom stereocenters. The number of likely N-dealkylation sites (N-methyl/N-ethyl adjacent to an activating group) is 1. The Bertz CT molecular complexity index is 1060. The monoisotopic (exact) mass is 469 g/mol. The molecule has 2 aliphatic rings. The van der Waals surface area contributed by atoms with Crippen molar-refractivity contribution < 1.29 is 0 Å². The lowest BCUT2D eigenvalue weighted by molar-refractivity contribution is 0.200. The molecular formula is C30H35N3S. The lowest BCUT2D eigenvalue weighted by atomic mass is 9.97. The third-order valence-corrected chi connectivity index (χ3v) is 7.25. The molecule has 3 aromatic rings. The van der Waals surface area contributed by atoms with Crippen molar-refractivity contribution in [3.63, 3.8) is 0 Å². The highest BCUT2D eigenvalue weighted by atomic mass is 32.1. The summed E-state index contributed by atoms with van der Waals surface area (Å²) < 4.78 is 0. The molecule has 2 heterocycles. The lowest BCUT2D eigenvalue weighted by Gasteiger charge is -2.33. The smallest absolute Gasteiger partial charge is 0.0956 e. The first kappa shape index (κ1) is 24.2. The minimum absolute atomic E-state index is 0.642. The molecule has 1 aromatic heterocycles. The van der Waals surface area contributed by atoms with E-state index in [0.29, 0.717) is 5.92 Å². The summed E-state index contributed by atoms with van der Waals surface area (Å²) in [6.07, 6.45) is 12.1. The van der Waals surface area contributed by atoms with E-state index in [-0.39, 0.29) is 0 Å². The lowest BCUT2D eigenvalue weighted by Crippen LogP contribution is -2.38. The third kappa shape index (κ3) is 7.28. The van der Waals surface area contributed by atoms with Crippen molar-refractivity contribution in [1.29, 1.82) is 0 Å². The molecule has 0 saturated carbocycles. The molecule has 3 nitrogen and oxygen atoms in total. The van der Waals surface area contributed by atoms with Crippen molar-refractivity contribution in [1.82, 2.24) is 14.8 Å². The van der Waals surface area contributed by atoms with E-state index in [0.717, 1.165) is 37.3 Å². The van der Waals surface area contributed by atoms with Gasteiger partial charge >= 0.3 is 0 Å². The predicted molar refractivity (Wildman–Crippen MR) is 147 cm³/mol. The molecular weight excluding hydrogens is 434 g/mol. The number of hydrogen-bond acceptors (Lipinski definition) is 4. The minimum atomic E-state index is 0.642. The molecule has 1 aliphatic heterocycles. The Morgan fingerprint density at radius 2 is 1.65 bits per heavy atom. The van der Waals surface area contributed by atoms with Crippen molar-refractivity contribution in [2.24, 2.45) is 0 Å². The van der Waals surface area contributed by atoms with Gasteiger partial charge in [0.05, 0.1) is 5.01 Å². The average Bonchev–Trinajstić information content (AvgIpc) is 3.69. The van der Waals surface area contributed by atoms with Gasteiger partial charge in [0.15, 0.2) is 0 Å². The Balaban J connectivity index is 0.000000846. The maximum absolute atomic E-state index is 4.52. The van der Waals surface area contributed by atoms with Crippen molar-refractivity contribution >= 4 is 22.6 Å². The van der Waals surface area contributed by atoms with Crippen LogP contribution >= 0.6 is 11.3 Å². The van der Waals surface area contributed by atoms with E-state index in [2.05, 4.69) is 107 Å². The van der Waals surface area contributed by atoms with Gasteiger partial charge in [0.2, 0.25) is 0 Å². The second-order valence-electron chi connectivity index (χ2n) is 8.90. The van der Waals surface area contributed by atoms with E-state index in [1.165, 1.54) is 35.5 Å². The summed E-state index contributed by atoms with van der Waals surface area (Å²) in [6, 6.07) is 21.0. The average molecular weight is 470 g/mol. The first-order chi connectivity index (χ1) is 16.7. The van der Waals surface area contributed by atoms with Gasteiger partial charge in [-0.2, -0.15) is 0 Å². The van der Waals surface area contributed by atoms with Crippen LogP contribution in [0.2, 0.25) is 0 Å². The molecule has 0 amide bonds. The first-order valence-corrected chi connectivity index (χ1v) is 13.1. The van der Waals surface area contributed by atoms with Gasteiger partial charge in [-0.25, -0.2) is 4.98 Å². The summed E-state index contributed by atoms with van der Waals surface area (Å²) >= 11 is 1.80. The molecule has 0 spiro atoms. The van der Waals surface area contributed by atoms with Gasteiger partial charge < -0.3 is 9.80 Å². The van der Waals surface area contributed by atoms with Gasteiger partial charge in [-0.05, 0) is 55.1 Å². The maximum Gasteiger partial charge on any atom is 0.0956 e. The molecule has 5 rings (SSSR count). The van der Waals surface area contributed by atoms with Crippen LogP contribution in [-0.4, -0.2) is 48.0 Å². The molecule has 1 fully saturated rings. The number of piperidine rings is 1. The van der Waals surface area contributed by atoms with Gasteiger partial charge in [-0.1, -0.05) is 79.4 Å². The summed E-state index contributed by atoms with van der Waals surface area (Å²) in [5, 5.41) is 3.41. The quantitative estimate of drug-likeness (QED) is 0.263. The second-order valence-corrected chi connectivity index (χ2v) is 9.83. The number of hydrogen-bond donors (Lipinski definition) is 0. The van der Waals surface area contributed by atoms with Crippen molar-refractivity contribution in [2.45, 2.75) is 25.2 Å². The summed E-state index contributed by atoms with van der Waals surface area (Å²) in [4.78, 5) is 9.49. The predicted octanol–water partition coefficient (Wildman–Crippen LogP) is 6.96. The van der Waals surface area contributed by atoms with Gasteiger partial charge in [0.25, 0.3) is 0 Å².